The molecule has 0 radical (unpaired) electrons. The molecule has 3 nitrogen and oxygen atoms in total. The zero-order chi connectivity index (χ0) is 19.7. The number of fused-ring (bicyclic) bond motifs is 1. The van der Waals surface area contributed by atoms with Crippen LogP contribution in [-0.2, 0) is 6.61 Å². The number of benzene rings is 3. The van der Waals surface area contributed by atoms with Crippen LogP contribution in [0.4, 0.5) is 0 Å². The highest BCUT2D eigenvalue weighted by molar-refractivity contribution is 9.10. The van der Waals surface area contributed by atoms with Gasteiger partial charge in [-0.1, -0.05) is 63.4 Å². The van der Waals surface area contributed by atoms with Gasteiger partial charge in [0.1, 0.15) is 18.1 Å². The second kappa shape index (κ2) is 8.00. The summed E-state index contributed by atoms with van der Waals surface area (Å²) >= 11 is 15.4. The van der Waals surface area contributed by atoms with E-state index in [1.165, 1.54) is 0 Å². The lowest BCUT2D eigenvalue weighted by molar-refractivity contribution is 0.101. The summed E-state index contributed by atoms with van der Waals surface area (Å²) in [7, 11) is 0. The molecular formula is C22H13BrCl2O3. The Labute approximate surface area is 180 Å². The van der Waals surface area contributed by atoms with Gasteiger partial charge in [0.15, 0.2) is 5.76 Å². The van der Waals surface area contributed by atoms with E-state index in [4.69, 9.17) is 32.7 Å². The zero-order valence-electron chi connectivity index (χ0n) is 14.4. The Kier molecular flexibility index (Phi) is 5.44. The molecule has 1 heterocycles. The topological polar surface area (TPSA) is 35.5 Å². The summed E-state index contributed by atoms with van der Waals surface area (Å²) < 4.78 is 12.5. The van der Waals surface area contributed by atoms with Gasteiger partial charge in [0.2, 0.25) is 5.78 Å². The molecule has 0 N–H and O–H groups in total. The highest BCUT2D eigenvalue weighted by atomic mass is 79.9. The van der Waals surface area contributed by atoms with Crippen LogP contribution in [0.15, 0.2) is 70.9 Å². The number of carbonyl (C=O) groups excluding carboxylic acids is 1. The Morgan fingerprint density at radius 1 is 1.00 bits per heavy atom. The number of ketones is 1. The van der Waals surface area contributed by atoms with Gasteiger partial charge in [0.25, 0.3) is 0 Å². The Bertz CT molecular complexity index is 1110. The van der Waals surface area contributed by atoms with Crippen LogP contribution in [0, 0.1) is 0 Å². The van der Waals surface area contributed by atoms with Crippen molar-refractivity contribution in [3.05, 3.63) is 97.6 Å². The van der Waals surface area contributed by atoms with E-state index in [1.807, 2.05) is 30.3 Å². The number of ether oxygens (including phenoxy) is 2. The van der Waals surface area contributed by atoms with Crippen LogP contribution >= 0.6 is 39.1 Å². The van der Waals surface area contributed by atoms with E-state index >= 15 is 0 Å². The van der Waals surface area contributed by atoms with Crippen molar-refractivity contribution in [3.63, 3.8) is 0 Å². The summed E-state index contributed by atoms with van der Waals surface area (Å²) in [6.45, 7) is 0.323. The predicted octanol–water partition coefficient (Wildman–Crippen LogP) is 6.95. The predicted molar refractivity (Wildman–Crippen MR) is 114 cm³/mol. The smallest absolute Gasteiger partial charge is 0.231 e. The number of carbonyl (C=O) groups is 1. The number of halogens is 3. The largest absolute Gasteiger partial charge is 0.489 e. The number of hydrogen-bond donors (Lipinski definition) is 0. The lowest BCUT2D eigenvalue weighted by Crippen LogP contribution is -1.98. The molecule has 4 rings (SSSR count). The fourth-order valence-electron chi connectivity index (χ4n) is 2.79. The number of rotatable bonds is 4. The first kappa shape index (κ1) is 19.1. The molecule has 3 aromatic carbocycles. The van der Waals surface area contributed by atoms with Crippen LogP contribution in [0.25, 0.3) is 6.08 Å². The van der Waals surface area contributed by atoms with E-state index in [9.17, 15) is 4.79 Å². The Morgan fingerprint density at radius 3 is 2.61 bits per heavy atom. The first-order valence-corrected chi connectivity index (χ1v) is 9.96. The summed E-state index contributed by atoms with van der Waals surface area (Å²) in [4.78, 5) is 12.6. The third kappa shape index (κ3) is 3.95. The maximum atomic E-state index is 12.6. The molecular weight excluding hydrogens is 463 g/mol. The van der Waals surface area contributed by atoms with E-state index in [2.05, 4.69) is 15.9 Å². The van der Waals surface area contributed by atoms with Crippen LogP contribution in [0.1, 0.15) is 21.5 Å². The first-order chi connectivity index (χ1) is 13.5. The zero-order valence-corrected chi connectivity index (χ0v) is 17.5. The first-order valence-electron chi connectivity index (χ1n) is 8.41. The number of hydrogen-bond acceptors (Lipinski definition) is 3. The van der Waals surface area contributed by atoms with Gasteiger partial charge in [0.05, 0.1) is 15.6 Å². The van der Waals surface area contributed by atoms with E-state index in [-0.39, 0.29) is 11.5 Å². The molecule has 0 unspecified atom stereocenters. The van der Waals surface area contributed by atoms with Gasteiger partial charge in [-0.2, -0.15) is 0 Å². The van der Waals surface area contributed by atoms with E-state index in [0.29, 0.717) is 33.7 Å². The van der Waals surface area contributed by atoms with Crippen LogP contribution < -0.4 is 9.47 Å². The average Bonchev–Trinajstić information content (AvgIpc) is 2.99. The molecule has 3 aromatic rings. The van der Waals surface area contributed by atoms with Gasteiger partial charge in [-0.3, -0.25) is 4.79 Å². The molecule has 0 aliphatic carbocycles. The number of allylic oxidation sites excluding steroid dienone is 1. The van der Waals surface area contributed by atoms with Crippen molar-refractivity contribution in [2.24, 2.45) is 0 Å². The van der Waals surface area contributed by atoms with Gasteiger partial charge in [-0.15, -0.1) is 0 Å². The monoisotopic (exact) mass is 474 g/mol. The SMILES string of the molecule is O=C1/C(=C/c2ccccc2Br)Oc2cc(OCc3ccc(Cl)c(Cl)c3)ccc21. The summed E-state index contributed by atoms with van der Waals surface area (Å²) in [5, 5.41) is 0.978. The molecule has 28 heavy (non-hydrogen) atoms. The van der Waals surface area contributed by atoms with Crippen LogP contribution in [0.5, 0.6) is 11.5 Å². The maximum absolute atomic E-state index is 12.6. The van der Waals surface area contributed by atoms with Crippen molar-refractivity contribution >= 4 is 51.0 Å². The summed E-state index contributed by atoms with van der Waals surface area (Å²) in [5.74, 6) is 1.21. The van der Waals surface area contributed by atoms with Crippen molar-refractivity contribution in [2.75, 3.05) is 0 Å². The maximum Gasteiger partial charge on any atom is 0.231 e. The highest BCUT2D eigenvalue weighted by Crippen LogP contribution is 2.35. The standard InChI is InChI=1S/C22H13BrCl2O3/c23-17-4-2-1-3-14(17)10-21-22(26)16-7-6-15(11-20(16)28-21)27-12-13-5-8-18(24)19(25)9-13/h1-11H,12H2/b21-10-. The van der Waals surface area contributed by atoms with Crippen molar-refractivity contribution in [1.82, 2.24) is 0 Å². The molecule has 0 spiro atoms. The summed E-state index contributed by atoms with van der Waals surface area (Å²) in [5.41, 5.74) is 2.27. The minimum Gasteiger partial charge on any atom is -0.489 e. The van der Waals surface area contributed by atoms with E-state index < -0.39 is 0 Å². The van der Waals surface area contributed by atoms with Crippen LogP contribution in [-0.4, -0.2) is 5.78 Å². The Morgan fingerprint density at radius 2 is 1.82 bits per heavy atom. The average molecular weight is 476 g/mol. The Hall–Kier alpha value is -2.27. The minimum atomic E-state index is -0.151. The van der Waals surface area contributed by atoms with Crippen molar-refractivity contribution in [3.8, 4) is 11.5 Å². The van der Waals surface area contributed by atoms with Crippen LogP contribution in [0.2, 0.25) is 10.0 Å². The molecule has 1 aliphatic rings. The lowest BCUT2D eigenvalue weighted by Gasteiger charge is -2.08. The molecule has 0 aromatic heterocycles. The normalized spacial score (nSPS) is 14.1. The molecule has 6 heteroatoms. The van der Waals surface area contributed by atoms with Gasteiger partial charge in [-0.05, 0) is 47.5 Å². The van der Waals surface area contributed by atoms with Gasteiger partial charge >= 0.3 is 0 Å². The van der Waals surface area contributed by atoms with Crippen molar-refractivity contribution in [1.29, 1.82) is 0 Å². The molecule has 0 bridgehead atoms. The summed E-state index contributed by atoms with van der Waals surface area (Å²) in [6, 6.07) is 18.1. The fourth-order valence-corrected chi connectivity index (χ4v) is 3.51. The van der Waals surface area contributed by atoms with Crippen LogP contribution in [0.3, 0.4) is 0 Å². The third-order valence-electron chi connectivity index (χ3n) is 4.22. The second-order valence-electron chi connectivity index (χ2n) is 6.16. The molecule has 140 valence electrons. The lowest BCUT2D eigenvalue weighted by atomic mass is 10.1. The number of Topliss-reactive ketones (excluding diaryl/α,β-unsaturated/α-hetero) is 1. The van der Waals surface area contributed by atoms with Gasteiger partial charge in [0, 0.05) is 10.5 Å². The molecule has 0 saturated heterocycles. The molecule has 0 saturated carbocycles. The third-order valence-corrected chi connectivity index (χ3v) is 5.68. The molecule has 0 fully saturated rings. The highest BCUT2D eigenvalue weighted by Gasteiger charge is 2.27. The Balaban J connectivity index is 1.52. The molecule has 0 amide bonds. The molecule has 1 aliphatic heterocycles. The summed E-state index contributed by atoms with van der Waals surface area (Å²) in [6.07, 6.45) is 1.72. The fraction of sp³-hybridized carbons (Fsp3) is 0.0455. The van der Waals surface area contributed by atoms with E-state index in [0.717, 1.165) is 15.6 Å². The van der Waals surface area contributed by atoms with Gasteiger partial charge < -0.3 is 9.47 Å². The second-order valence-corrected chi connectivity index (χ2v) is 7.83. The van der Waals surface area contributed by atoms with Crippen molar-refractivity contribution in [2.45, 2.75) is 6.61 Å². The van der Waals surface area contributed by atoms with Crippen molar-refractivity contribution < 1.29 is 14.3 Å². The van der Waals surface area contributed by atoms with E-state index in [1.54, 1.807) is 36.4 Å². The quantitative estimate of drug-likeness (QED) is 0.383. The molecule has 0 atom stereocenters. The minimum absolute atomic E-state index is 0.151. The van der Waals surface area contributed by atoms with Gasteiger partial charge in [-0.25, -0.2) is 0 Å².